The number of hydrogen-bond acceptors (Lipinski definition) is 6. The molecule has 0 atom stereocenters. The predicted molar refractivity (Wildman–Crippen MR) is 60.0 cm³/mol. The van der Waals surface area contributed by atoms with Crippen LogP contribution in [0.2, 0.25) is 0 Å². The second kappa shape index (κ2) is 5.27. The van der Waals surface area contributed by atoms with Crippen LogP contribution in [0.4, 0.5) is 0 Å². The van der Waals surface area contributed by atoms with E-state index in [9.17, 15) is 0 Å². The highest BCUT2D eigenvalue weighted by molar-refractivity contribution is 8.00. The van der Waals surface area contributed by atoms with Gasteiger partial charge in [0.2, 0.25) is 5.89 Å². The van der Waals surface area contributed by atoms with Crippen LogP contribution >= 0.6 is 23.1 Å². The molecule has 6 heteroatoms. The van der Waals surface area contributed by atoms with Gasteiger partial charge in [-0.05, 0) is 6.42 Å². The fourth-order valence-corrected chi connectivity index (χ4v) is 2.55. The molecule has 0 aromatic carbocycles. The van der Waals surface area contributed by atoms with Crippen LogP contribution < -0.4 is 0 Å². The molecule has 80 valence electrons. The Morgan fingerprint density at radius 2 is 2.47 bits per heavy atom. The second-order valence-electron chi connectivity index (χ2n) is 2.94. The van der Waals surface area contributed by atoms with Crippen LogP contribution in [0.1, 0.15) is 25.1 Å². The summed E-state index contributed by atoms with van der Waals surface area (Å²) in [6.07, 6.45) is 3.72. The van der Waals surface area contributed by atoms with Crippen LogP contribution in [0.5, 0.6) is 0 Å². The third-order valence-corrected chi connectivity index (χ3v) is 3.66. The van der Waals surface area contributed by atoms with Gasteiger partial charge < -0.3 is 4.52 Å². The summed E-state index contributed by atoms with van der Waals surface area (Å²) in [5.41, 5.74) is 0. The van der Waals surface area contributed by atoms with E-state index < -0.39 is 0 Å². The van der Waals surface area contributed by atoms with Crippen LogP contribution in [0.15, 0.2) is 20.4 Å². The molecule has 2 aromatic heterocycles. The zero-order valence-electron chi connectivity index (χ0n) is 8.34. The minimum Gasteiger partial charge on any atom is -0.338 e. The van der Waals surface area contributed by atoms with Crippen LogP contribution in [0.25, 0.3) is 0 Å². The van der Waals surface area contributed by atoms with Crippen LogP contribution in [-0.2, 0) is 12.2 Å². The van der Waals surface area contributed by atoms with E-state index in [1.165, 1.54) is 0 Å². The number of thioether (sulfide) groups is 1. The first-order valence-electron chi connectivity index (χ1n) is 4.72. The lowest BCUT2D eigenvalue weighted by Gasteiger charge is -1.89. The normalized spacial score (nSPS) is 10.7. The van der Waals surface area contributed by atoms with Gasteiger partial charge in [-0.3, -0.25) is 0 Å². The van der Waals surface area contributed by atoms with E-state index in [0.29, 0.717) is 11.6 Å². The Balaban J connectivity index is 1.88. The summed E-state index contributed by atoms with van der Waals surface area (Å²) in [6, 6.07) is 0. The number of thiazole rings is 1. The van der Waals surface area contributed by atoms with Crippen LogP contribution in [-0.4, -0.2) is 15.1 Å². The zero-order valence-corrected chi connectivity index (χ0v) is 9.98. The first kappa shape index (κ1) is 10.6. The summed E-state index contributed by atoms with van der Waals surface area (Å²) in [7, 11) is 0. The lowest BCUT2D eigenvalue weighted by atomic mass is 10.3. The van der Waals surface area contributed by atoms with Crippen molar-refractivity contribution >= 4 is 23.1 Å². The van der Waals surface area contributed by atoms with E-state index in [1.807, 2.05) is 5.38 Å². The maximum Gasteiger partial charge on any atom is 0.237 e. The van der Waals surface area contributed by atoms with E-state index in [4.69, 9.17) is 4.52 Å². The van der Waals surface area contributed by atoms with Gasteiger partial charge in [0.15, 0.2) is 5.82 Å². The summed E-state index contributed by atoms with van der Waals surface area (Å²) < 4.78 is 6.14. The molecule has 0 aliphatic heterocycles. The van der Waals surface area contributed by atoms with E-state index in [0.717, 1.165) is 23.0 Å². The molecule has 15 heavy (non-hydrogen) atoms. The minimum atomic E-state index is 0.679. The molecule has 0 aliphatic carbocycles. The Kier molecular flexibility index (Phi) is 3.74. The van der Waals surface area contributed by atoms with Gasteiger partial charge in [-0.1, -0.05) is 23.8 Å². The quantitative estimate of drug-likeness (QED) is 0.753. The lowest BCUT2D eigenvalue weighted by Crippen LogP contribution is -1.86. The van der Waals surface area contributed by atoms with Crippen molar-refractivity contribution in [3.05, 3.63) is 23.3 Å². The summed E-state index contributed by atoms with van der Waals surface area (Å²) in [5, 5.41) is 5.85. The molecule has 0 unspecified atom stereocenters. The van der Waals surface area contributed by atoms with Crippen molar-refractivity contribution in [2.75, 3.05) is 0 Å². The average Bonchev–Trinajstić information content (AvgIpc) is 2.85. The maximum absolute atomic E-state index is 5.11. The molecule has 2 heterocycles. The van der Waals surface area contributed by atoms with Crippen molar-refractivity contribution in [3.63, 3.8) is 0 Å². The molecular formula is C9H11N3OS2. The zero-order chi connectivity index (χ0) is 10.5. The van der Waals surface area contributed by atoms with Gasteiger partial charge in [0.05, 0.1) is 5.75 Å². The van der Waals surface area contributed by atoms with Crippen molar-refractivity contribution in [2.24, 2.45) is 0 Å². The van der Waals surface area contributed by atoms with Crippen molar-refractivity contribution in [2.45, 2.75) is 29.9 Å². The number of aryl methyl sites for hydroxylation is 1. The van der Waals surface area contributed by atoms with E-state index in [-0.39, 0.29) is 0 Å². The summed E-state index contributed by atoms with van der Waals surface area (Å²) >= 11 is 3.24. The Labute approximate surface area is 96.1 Å². The molecule has 0 N–H and O–H groups in total. The average molecular weight is 241 g/mol. The number of rotatable bonds is 5. The monoisotopic (exact) mass is 241 g/mol. The smallest absolute Gasteiger partial charge is 0.237 e. The first-order valence-corrected chi connectivity index (χ1v) is 6.58. The molecule has 0 spiro atoms. The minimum absolute atomic E-state index is 0.679. The van der Waals surface area contributed by atoms with Crippen molar-refractivity contribution in [1.82, 2.24) is 15.1 Å². The Morgan fingerprint density at radius 1 is 1.53 bits per heavy atom. The topological polar surface area (TPSA) is 51.8 Å². The van der Waals surface area contributed by atoms with Crippen LogP contribution in [0.3, 0.4) is 0 Å². The summed E-state index contributed by atoms with van der Waals surface area (Å²) in [4.78, 5) is 8.44. The predicted octanol–water partition coefficient (Wildman–Crippen LogP) is 2.77. The highest BCUT2D eigenvalue weighted by atomic mass is 32.2. The third kappa shape index (κ3) is 3.04. The van der Waals surface area contributed by atoms with Gasteiger partial charge >= 0.3 is 0 Å². The molecule has 0 saturated heterocycles. The number of hydrogen-bond donors (Lipinski definition) is 0. The highest BCUT2D eigenvalue weighted by Gasteiger charge is 2.06. The standard InChI is InChI=1S/C9H11N3OS2/c1-2-3-7-11-8(13-12-7)6-15-9-10-4-5-14-9/h4-5H,2-3,6H2,1H3. The maximum atomic E-state index is 5.11. The van der Waals surface area contributed by atoms with Crippen molar-refractivity contribution in [1.29, 1.82) is 0 Å². The largest absolute Gasteiger partial charge is 0.338 e. The molecule has 0 bridgehead atoms. The van der Waals surface area contributed by atoms with Gasteiger partial charge in [-0.25, -0.2) is 4.98 Å². The fraction of sp³-hybridized carbons (Fsp3) is 0.444. The molecular weight excluding hydrogens is 230 g/mol. The fourth-order valence-electron chi connectivity index (χ4n) is 1.08. The summed E-state index contributed by atoms with van der Waals surface area (Å²) in [6.45, 7) is 2.10. The SMILES string of the molecule is CCCc1noc(CSc2nccs2)n1. The molecule has 2 aromatic rings. The molecule has 0 amide bonds. The Bertz CT molecular complexity index is 399. The van der Waals surface area contributed by atoms with Gasteiger partial charge in [-0.2, -0.15) is 4.98 Å². The molecule has 0 fully saturated rings. The molecule has 4 nitrogen and oxygen atoms in total. The van der Waals surface area contributed by atoms with E-state index in [2.05, 4.69) is 22.0 Å². The van der Waals surface area contributed by atoms with Crippen molar-refractivity contribution in [3.8, 4) is 0 Å². The van der Waals surface area contributed by atoms with Crippen molar-refractivity contribution < 1.29 is 4.52 Å². The van der Waals surface area contributed by atoms with Gasteiger partial charge in [0.25, 0.3) is 0 Å². The van der Waals surface area contributed by atoms with Gasteiger partial charge in [-0.15, -0.1) is 11.3 Å². The Hall–Kier alpha value is -0.880. The highest BCUT2D eigenvalue weighted by Crippen LogP contribution is 2.23. The van der Waals surface area contributed by atoms with Gasteiger partial charge in [0, 0.05) is 18.0 Å². The van der Waals surface area contributed by atoms with E-state index >= 15 is 0 Å². The molecule has 0 saturated carbocycles. The number of nitrogens with zero attached hydrogens (tertiary/aromatic N) is 3. The molecule has 2 rings (SSSR count). The first-order chi connectivity index (χ1) is 7.38. The van der Waals surface area contributed by atoms with E-state index in [1.54, 1.807) is 29.3 Å². The summed E-state index contributed by atoms with van der Waals surface area (Å²) in [5.74, 6) is 2.18. The lowest BCUT2D eigenvalue weighted by molar-refractivity contribution is 0.384. The second-order valence-corrected chi connectivity index (χ2v) is 5.06. The molecule has 0 radical (unpaired) electrons. The van der Waals surface area contributed by atoms with Crippen LogP contribution in [0, 0.1) is 0 Å². The van der Waals surface area contributed by atoms with Gasteiger partial charge in [0.1, 0.15) is 4.34 Å². The Morgan fingerprint density at radius 3 is 3.20 bits per heavy atom. The molecule has 0 aliphatic rings. The number of aromatic nitrogens is 3. The third-order valence-electron chi connectivity index (χ3n) is 1.71.